The van der Waals surface area contributed by atoms with Gasteiger partial charge in [0.15, 0.2) is 0 Å². The zero-order chi connectivity index (χ0) is 15.7. The summed E-state index contributed by atoms with van der Waals surface area (Å²) < 4.78 is 2.60. The van der Waals surface area contributed by atoms with Crippen molar-refractivity contribution in [2.24, 2.45) is 5.41 Å². The second-order valence-corrected chi connectivity index (χ2v) is 7.07. The predicted octanol–water partition coefficient (Wildman–Crippen LogP) is 3.06. The summed E-state index contributed by atoms with van der Waals surface area (Å²) in [5, 5.41) is 11.9. The Labute approximate surface area is 127 Å². The number of amides is 1. The molecule has 1 rings (SSSR count). The number of halogens is 1. The van der Waals surface area contributed by atoms with Gasteiger partial charge in [-0.1, -0.05) is 20.8 Å². The van der Waals surface area contributed by atoms with Gasteiger partial charge in [0.2, 0.25) is 0 Å². The minimum atomic E-state index is -1.03. The van der Waals surface area contributed by atoms with Gasteiger partial charge in [-0.3, -0.25) is 4.79 Å². The van der Waals surface area contributed by atoms with Crippen LogP contribution in [0.4, 0.5) is 0 Å². The molecule has 0 aliphatic carbocycles. The van der Waals surface area contributed by atoms with Gasteiger partial charge in [-0.05, 0) is 41.3 Å². The predicted molar refractivity (Wildman–Crippen MR) is 80.9 cm³/mol. The van der Waals surface area contributed by atoms with Crippen LogP contribution in [0.15, 0.2) is 16.7 Å². The Kier molecular flexibility index (Phi) is 5.02. The van der Waals surface area contributed by atoms with Crippen LogP contribution in [0.2, 0.25) is 0 Å². The van der Waals surface area contributed by atoms with Crippen molar-refractivity contribution >= 4 is 27.8 Å². The van der Waals surface area contributed by atoms with E-state index < -0.39 is 17.4 Å². The van der Waals surface area contributed by atoms with Crippen LogP contribution >= 0.6 is 15.9 Å². The van der Waals surface area contributed by atoms with E-state index in [4.69, 9.17) is 0 Å². The number of aromatic nitrogens is 1. The number of nitrogens with one attached hydrogen (secondary N) is 1. The standard InChI is InChI=1S/C14H21BrN2O3/c1-8(2)17-7-9(15)6-10(17)12(18)16-11(13(19)20)14(3,4)5/h6-8,11H,1-5H3,(H,16,18)(H,19,20)/t11-/m0/s1. The molecular formula is C14H21BrN2O3. The maximum atomic E-state index is 12.3. The van der Waals surface area contributed by atoms with Gasteiger partial charge < -0.3 is 15.0 Å². The quantitative estimate of drug-likeness (QED) is 0.881. The minimum absolute atomic E-state index is 0.111. The van der Waals surface area contributed by atoms with Gasteiger partial charge in [0, 0.05) is 16.7 Å². The molecular weight excluding hydrogens is 324 g/mol. The van der Waals surface area contributed by atoms with E-state index in [-0.39, 0.29) is 11.9 Å². The van der Waals surface area contributed by atoms with Crippen LogP contribution < -0.4 is 5.32 Å². The molecule has 1 amide bonds. The molecule has 2 N–H and O–H groups in total. The number of nitrogens with zero attached hydrogens (tertiary/aromatic N) is 1. The molecule has 0 unspecified atom stereocenters. The fraction of sp³-hybridized carbons (Fsp3) is 0.571. The van der Waals surface area contributed by atoms with Crippen LogP contribution in [0.1, 0.15) is 51.1 Å². The first-order valence-corrected chi connectivity index (χ1v) is 7.24. The summed E-state index contributed by atoms with van der Waals surface area (Å²) in [4.78, 5) is 23.6. The molecule has 1 heterocycles. The van der Waals surface area contributed by atoms with Crippen LogP contribution in [0.5, 0.6) is 0 Å². The monoisotopic (exact) mass is 344 g/mol. The van der Waals surface area contributed by atoms with E-state index in [1.165, 1.54) is 0 Å². The third kappa shape index (κ3) is 3.85. The van der Waals surface area contributed by atoms with Gasteiger partial charge >= 0.3 is 5.97 Å². The van der Waals surface area contributed by atoms with Crippen molar-refractivity contribution in [3.63, 3.8) is 0 Å². The summed E-state index contributed by atoms with van der Waals surface area (Å²) >= 11 is 3.34. The molecule has 0 aliphatic rings. The number of carboxylic acids is 1. The first-order valence-electron chi connectivity index (χ1n) is 6.45. The summed E-state index contributed by atoms with van der Waals surface area (Å²) in [6.45, 7) is 9.26. The molecule has 0 fully saturated rings. The molecule has 1 atom stereocenters. The van der Waals surface area contributed by atoms with Gasteiger partial charge in [0.05, 0.1) is 0 Å². The second kappa shape index (κ2) is 5.99. The van der Waals surface area contributed by atoms with E-state index in [9.17, 15) is 14.7 Å². The van der Waals surface area contributed by atoms with E-state index in [2.05, 4.69) is 21.2 Å². The van der Waals surface area contributed by atoms with Crippen LogP contribution in [0.25, 0.3) is 0 Å². The van der Waals surface area contributed by atoms with E-state index in [0.29, 0.717) is 5.69 Å². The number of carbonyl (C=O) groups excluding carboxylic acids is 1. The van der Waals surface area contributed by atoms with Crippen LogP contribution in [0, 0.1) is 5.41 Å². The van der Waals surface area contributed by atoms with Crippen molar-refractivity contribution in [3.8, 4) is 0 Å². The van der Waals surface area contributed by atoms with E-state index in [0.717, 1.165) is 4.47 Å². The van der Waals surface area contributed by atoms with Gasteiger partial charge in [-0.25, -0.2) is 4.79 Å². The Morgan fingerprint density at radius 1 is 1.35 bits per heavy atom. The highest BCUT2D eigenvalue weighted by atomic mass is 79.9. The van der Waals surface area contributed by atoms with Gasteiger partial charge in [-0.2, -0.15) is 0 Å². The highest BCUT2D eigenvalue weighted by molar-refractivity contribution is 9.10. The first kappa shape index (κ1) is 16.8. The average Bonchev–Trinajstić information content (AvgIpc) is 2.66. The molecule has 0 spiro atoms. The molecule has 112 valence electrons. The number of rotatable bonds is 4. The fourth-order valence-corrected chi connectivity index (χ4v) is 2.35. The Morgan fingerprint density at radius 3 is 2.30 bits per heavy atom. The molecule has 0 aliphatic heterocycles. The second-order valence-electron chi connectivity index (χ2n) is 6.16. The van der Waals surface area contributed by atoms with Crippen LogP contribution in [0.3, 0.4) is 0 Å². The van der Waals surface area contributed by atoms with Gasteiger partial charge in [-0.15, -0.1) is 0 Å². The lowest BCUT2D eigenvalue weighted by atomic mass is 9.86. The van der Waals surface area contributed by atoms with Crippen molar-refractivity contribution in [1.82, 2.24) is 9.88 Å². The first-order chi connectivity index (χ1) is 9.04. The van der Waals surface area contributed by atoms with Crippen molar-refractivity contribution in [3.05, 3.63) is 22.4 Å². The normalized spacial score (nSPS) is 13.3. The number of aliphatic carboxylic acids is 1. The highest BCUT2D eigenvalue weighted by Crippen LogP contribution is 2.22. The molecule has 1 aromatic rings. The van der Waals surface area contributed by atoms with Gasteiger partial charge in [0.1, 0.15) is 11.7 Å². The third-order valence-electron chi connectivity index (χ3n) is 2.99. The summed E-state index contributed by atoms with van der Waals surface area (Å²) in [6, 6.07) is 0.862. The zero-order valence-electron chi connectivity index (χ0n) is 12.4. The third-order valence-corrected chi connectivity index (χ3v) is 3.43. The Hall–Kier alpha value is -1.30. The summed E-state index contributed by atoms with van der Waals surface area (Å²) in [7, 11) is 0. The number of hydrogen-bond acceptors (Lipinski definition) is 2. The van der Waals surface area contributed by atoms with Crippen molar-refractivity contribution in [1.29, 1.82) is 0 Å². The van der Waals surface area contributed by atoms with Gasteiger partial charge in [0.25, 0.3) is 5.91 Å². The Balaban J connectivity index is 3.04. The van der Waals surface area contributed by atoms with E-state index >= 15 is 0 Å². The molecule has 20 heavy (non-hydrogen) atoms. The lowest BCUT2D eigenvalue weighted by Crippen LogP contribution is -2.49. The molecule has 6 heteroatoms. The summed E-state index contributed by atoms with van der Waals surface area (Å²) in [5.41, 5.74) is -0.115. The highest BCUT2D eigenvalue weighted by Gasteiger charge is 2.33. The molecule has 0 bridgehead atoms. The van der Waals surface area contributed by atoms with Crippen molar-refractivity contribution in [2.75, 3.05) is 0 Å². The Bertz CT molecular complexity index is 515. The zero-order valence-corrected chi connectivity index (χ0v) is 14.0. The smallest absolute Gasteiger partial charge is 0.326 e. The molecule has 0 aromatic carbocycles. The fourth-order valence-electron chi connectivity index (χ4n) is 1.91. The maximum absolute atomic E-state index is 12.3. The largest absolute Gasteiger partial charge is 0.480 e. The van der Waals surface area contributed by atoms with Crippen molar-refractivity contribution in [2.45, 2.75) is 46.7 Å². The molecule has 0 saturated heterocycles. The number of carboxylic acid groups (broad SMARTS) is 1. The lowest BCUT2D eigenvalue weighted by Gasteiger charge is -2.28. The average molecular weight is 345 g/mol. The molecule has 1 aromatic heterocycles. The number of hydrogen-bond donors (Lipinski definition) is 2. The summed E-state index contributed by atoms with van der Waals surface area (Å²) in [6.07, 6.45) is 1.81. The van der Waals surface area contributed by atoms with Crippen molar-refractivity contribution < 1.29 is 14.7 Å². The molecule has 5 nitrogen and oxygen atoms in total. The minimum Gasteiger partial charge on any atom is -0.480 e. The molecule has 0 saturated carbocycles. The van der Waals surface area contributed by atoms with Crippen LogP contribution in [-0.2, 0) is 4.79 Å². The summed E-state index contributed by atoms with van der Waals surface area (Å²) in [5.74, 6) is -1.42. The Morgan fingerprint density at radius 2 is 1.90 bits per heavy atom. The van der Waals surface area contributed by atoms with E-state index in [1.54, 1.807) is 31.4 Å². The lowest BCUT2D eigenvalue weighted by molar-refractivity contribution is -0.142. The van der Waals surface area contributed by atoms with Crippen LogP contribution in [-0.4, -0.2) is 27.6 Å². The topological polar surface area (TPSA) is 71.3 Å². The SMILES string of the molecule is CC(C)n1cc(Br)cc1C(=O)N[C@@H](C(=O)O)C(C)(C)C. The maximum Gasteiger partial charge on any atom is 0.326 e. The number of carbonyl (C=O) groups is 2. The molecule has 0 radical (unpaired) electrons. The van der Waals surface area contributed by atoms with E-state index in [1.807, 2.05) is 20.0 Å².